The molecule has 0 heterocycles. The highest BCUT2D eigenvalue weighted by molar-refractivity contribution is 5.81. The number of aliphatic hydroxyl groups is 1. The van der Waals surface area contributed by atoms with E-state index in [9.17, 15) is 9.90 Å². The molecule has 1 aliphatic carbocycles. The van der Waals surface area contributed by atoms with E-state index in [1.165, 1.54) is 5.57 Å². The number of aliphatic hydroxyl groups excluding tert-OH is 1. The number of benzene rings is 1. The van der Waals surface area contributed by atoms with Gasteiger partial charge in [-0.05, 0) is 31.2 Å². The molecule has 0 amide bonds. The SMILES string of the molecule is O=C(Cc1ccccc1)CC(O)CCC1=CCCC=C1. The Morgan fingerprint density at radius 1 is 1.20 bits per heavy atom. The van der Waals surface area contributed by atoms with E-state index in [1.54, 1.807) is 0 Å². The maximum atomic E-state index is 11.9. The van der Waals surface area contributed by atoms with E-state index < -0.39 is 6.10 Å². The van der Waals surface area contributed by atoms with Crippen LogP contribution in [0.4, 0.5) is 0 Å². The highest BCUT2D eigenvalue weighted by Gasteiger charge is 2.12. The minimum atomic E-state index is -0.526. The van der Waals surface area contributed by atoms with Crippen LogP contribution in [0.5, 0.6) is 0 Å². The van der Waals surface area contributed by atoms with E-state index in [0.29, 0.717) is 12.8 Å². The van der Waals surface area contributed by atoms with E-state index in [0.717, 1.165) is 24.8 Å². The molecule has 1 atom stereocenters. The lowest BCUT2D eigenvalue weighted by molar-refractivity contribution is -0.120. The van der Waals surface area contributed by atoms with E-state index >= 15 is 0 Å². The Hall–Kier alpha value is -1.67. The Morgan fingerprint density at radius 3 is 2.70 bits per heavy atom. The summed E-state index contributed by atoms with van der Waals surface area (Å²) in [6.07, 6.45) is 10.4. The molecule has 0 saturated heterocycles. The van der Waals surface area contributed by atoms with Crippen LogP contribution in [0.1, 0.15) is 37.7 Å². The van der Waals surface area contributed by atoms with E-state index in [-0.39, 0.29) is 12.2 Å². The zero-order chi connectivity index (χ0) is 14.2. The number of carbonyl (C=O) groups excluding carboxylic acids is 1. The average Bonchev–Trinajstić information content (AvgIpc) is 2.47. The third-order valence-corrected chi connectivity index (χ3v) is 3.55. The molecule has 2 heteroatoms. The van der Waals surface area contributed by atoms with Gasteiger partial charge in [-0.1, -0.05) is 54.1 Å². The number of ketones is 1. The van der Waals surface area contributed by atoms with Gasteiger partial charge in [0, 0.05) is 12.8 Å². The summed E-state index contributed by atoms with van der Waals surface area (Å²) < 4.78 is 0. The summed E-state index contributed by atoms with van der Waals surface area (Å²) in [7, 11) is 0. The summed E-state index contributed by atoms with van der Waals surface area (Å²) in [6, 6.07) is 9.69. The molecule has 1 aliphatic rings. The van der Waals surface area contributed by atoms with Gasteiger partial charge >= 0.3 is 0 Å². The van der Waals surface area contributed by atoms with Crippen LogP contribution < -0.4 is 0 Å². The molecule has 0 aromatic heterocycles. The van der Waals surface area contributed by atoms with Gasteiger partial charge in [0.15, 0.2) is 0 Å². The first-order valence-corrected chi connectivity index (χ1v) is 7.33. The van der Waals surface area contributed by atoms with Gasteiger partial charge in [-0.15, -0.1) is 0 Å². The van der Waals surface area contributed by atoms with Crippen molar-refractivity contribution >= 4 is 5.78 Å². The number of hydrogen-bond donors (Lipinski definition) is 1. The van der Waals surface area contributed by atoms with Crippen molar-refractivity contribution in [2.24, 2.45) is 0 Å². The van der Waals surface area contributed by atoms with Crippen molar-refractivity contribution in [2.75, 3.05) is 0 Å². The van der Waals surface area contributed by atoms with E-state index in [4.69, 9.17) is 0 Å². The van der Waals surface area contributed by atoms with Crippen LogP contribution in [0, 0.1) is 0 Å². The van der Waals surface area contributed by atoms with Crippen molar-refractivity contribution in [3.05, 3.63) is 59.7 Å². The lowest BCUT2D eigenvalue weighted by atomic mass is 9.98. The molecule has 0 spiro atoms. The molecule has 2 nitrogen and oxygen atoms in total. The van der Waals surface area contributed by atoms with Crippen molar-refractivity contribution < 1.29 is 9.90 Å². The van der Waals surface area contributed by atoms with Crippen LogP contribution in [-0.4, -0.2) is 17.0 Å². The Morgan fingerprint density at radius 2 is 2.00 bits per heavy atom. The molecule has 1 aromatic carbocycles. The van der Waals surface area contributed by atoms with Gasteiger partial charge in [0.05, 0.1) is 6.10 Å². The average molecular weight is 270 g/mol. The van der Waals surface area contributed by atoms with Crippen LogP contribution in [0.2, 0.25) is 0 Å². The minimum Gasteiger partial charge on any atom is -0.393 e. The Kier molecular flexibility index (Phi) is 5.75. The van der Waals surface area contributed by atoms with Crippen LogP contribution >= 0.6 is 0 Å². The van der Waals surface area contributed by atoms with Crippen LogP contribution in [0.3, 0.4) is 0 Å². The van der Waals surface area contributed by atoms with E-state index in [1.807, 2.05) is 30.3 Å². The summed E-state index contributed by atoms with van der Waals surface area (Å²) in [5, 5.41) is 9.96. The van der Waals surface area contributed by atoms with Crippen LogP contribution in [-0.2, 0) is 11.2 Å². The normalized spacial score (nSPS) is 15.8. The molecule has 2 rings (SSSR count). The lowest BCUT2D eigenvalue weighted by Crippen LogP contribution is -2.15. The van der Waals surface area contributed by atoms with Gasteiger partial charge in [0.2, 0.25) is 0 Å². The van der Waals surface area contributed by atoms with Gasteiger partial charge in [-0.25, -0.2) is 0 Å². The first kappa shape index (κ1) is 14.7. The highest BCUT2D eigenvalue weighted by Crippen LogP contribution is 2.17. The fourth-order valence-electron chi connectivity index (χ4n) is 2.45. The Bertz CT molecular complexity index is 485. The number of allylic oxidation sites excluding steroid dienone is 4. The molecule has 20 heavy (non-hydrogen) atoms. The molecule has 1 unspecified atom stereocenters. The van der Waals surface area contributed by atoms with Gasteiger partial charge in [-0.3, -0.25) is 4.79 Å². The lowest BCUT2D eigenvalue weighted by Gasteiger charge is -2.11. The van der Waals surface area contributed by atoms with Crippen LogP contribution in [0.25, 0.3) is 0 Å². The van der Waals surface area contributed by atoms with Gasteiger partial charge in [0.1, 0.15) is 5.78 Å². The second kappa shape index (κ2) is 7.81. The third kappa shape index (κ3) is 5.14. The minimum absolute atomic E-state index is 0.108. The molecule has 0 bridgehead atoms. The molecule has 0 fully saturated rings. The molecular formula is C18H22O2. The van der Waals surface area contributed by atoms with Crippen molar-refractivity contribution in [2.45, 2.75) is 44.6 Å². The molecule has 0 radical (unpaired) electrons. The van der Waals surface area contributed by atoms with Crippen molar-refractivity contribution in [1.29, 1.82) is 0 Å². The molecular weight excluding hydrogens is 248 g/mol. The zero-order valence-corrected chi connectivity index (χ0v) is 11.8. The van der Waals surface area contributed by atoms with E-state index in [2.05, 4.69) is 18.2 Å². The Labute approximate surface area is 120 Å². The van der Waals surface area contributed by atoms with Gasteiger partial charge in [-0.2, -0.15) is 0 Å². The fraction of sp³-hybridized carbons (Fsp3) is 0.389. The topological polar surface area (TPSA) is 37.3 Å². The van der Waals surface area contributed by atoms with Crippen molar-refractivity contribution in [3.8, 4) is 0 Å². The second-order valence-electron chi connectivity index (χ2n) is 5.36. The quantitative estimate of drug-likeness (QED) is 0.822. The molecule has 106 valence electrons. The Balaban J connectivity index is 1.71. The monoisotopic (exact) mass is 270 g/mol. The molecule has 1 aromatic rings. The number of hydrogen-bond acceptors (Lipinski definition) is 2. The smallest absolute Gasteiger partial charge is 0.139 e. The third-order valence-electron chi connectivity index (χ3n) is 3.55. The fourth-order valence-corrected chi connectivity index (χ4v) is 2.45. The first-order chi connectivity index (χ1) is 9.74. The van der Waals surface area contributed by atoms with Gasteiger partial charge in [0.25, 0.3) is 0 Å². The zero-order valence-electron chi connectivity index (χ0n) is 11.8. The maximum absolute atomic E-state index is 11.9. The molecule has 0 aliphatic heterocycles. The first-order valence-electron chi connectivity index (χ1n) is 7.33. The maximum Gasteiger partial charge on any atom is 0.139 e. The number of rotatable bonds is 7. The second-order valence-corrected chi connectivity index (χ2v) is 5.36. The molecule has 0 saturated carbocycles. The van der Waals surface area contributed by atoms with Gasteiger partial charge < -0.3 is 5.11 Å². The largest absolute Gasteiger partial charge is 0.393 e. The summed E-state index contributed by atoms with van der Waals surface area (Å²) in [6.45, 7) is 0. The van der Waals surface area contributed by atoms with Crippen LogP contribution in [0.15, 0.2) is 54.1 Å². The van der Waals surface area contributed by atoms with Crippen molar-refractivity contribution in [1.82, 2.24) is 0 Å². The summed E-state index contributed by atoms with van der Waals surface area (Å²) >= 11 is 0. The standard InChI is InChI=1S/C18H22O2/c19-17(12-11-15-7-3-1-4-8-15)14-18(20)13-16-9-5-2-6-10-16/h2-3,5-10,17,19H,1,4,11-14H2. The summed E-state index contributed by atoms with van der Waals surface area (Å²) in [5.74, 6) is 0.108. The summed E-state index contributed by atoms with van der Waals surface area (Å²) in [4.78, 5) is 11.9. The number of Topliss-reactive ketones (excluding diaryl/α,β-unsaturated/α-hetero) is 1. The van der Waals surface area contributed by atoms with Crippen molar-refractivity contribution in [3.63, 3.8) is 0 Å². The molecule has 1 N–H and O–H groups in total. The number of carbonyl (C=O) groups is 1. The highest BCUT2D eigenvalue weighted by atomic mass is 16.3. The summed E-state index contributed by atoms with van der Waals surface area (Å²) in [5.41, 5.74) is 2.30. The predicted molar refractivity (Wildman–Crippen MR) is 81.5 cm³/mol. The predicted octanol–water partition coefficient (Wildman–Crippen LogP) is 3.61.